The lowest BCUT2D eigenvalue weighted by molar-refractivity contribution is 0.461. The van der Waals surface area contributed by atoms with Gasteiger partial charge in [-0.05, 0) is 43.2 Å². The van der Waals surface area contributed by atoms with Gasteiger partial charge in [0.05, 0.1) is 10.8 Å². The van der Waals surface area contributed by atoms with Crippen molar-refractivity contribution in [3.8, 4) is 0 Å². The van der Waals surface area contributed by atoms with Crippen molar-refractivity contribution in [2.75, 3.05) is 37.3 Å². The number of anilines is 1. The molecular weight excluding hydrogens is 375 g/mol. The molecule has 150 valence electrons. The first-order valence-corrected chi connectivity index (χ1v) is 10.9. The highest BCUT2D eigenvalue weighted by Gasteiger charge is 2.20. The van der Waals surface area contributed by atoms with Crippen LogP contribution in [0, 0.1) is 5.82 Å². The van der Waals surface area contributed by atoms with Gasteiger partial charge < -0.3 is 15.5 Å². The van der Waals surface area contributed by atoms with Gasteiger partial charge in [-0.15, -0.1) is 0 Å². The molecule has 0 aromatic heterocycles. The first-order valence-electron chi connectivity index (χ1n) is 9.57. The second-order valence-electron chi connectivity index (χ2n) is 6.75. The third-order valence-electron chi connectivity index (χ3n) is 4.82. The zero-order valence-electron chi connectivity index (χ0n) is 16.1. The van der Waals surface area contributed by atoms with E-state index in [4.69, 9.17) is 0 Å². The van der Waals surface area contributed by atoms with E-state index in [-0.39, 0.29) is 5.82 Å². The lowest BCUT2D eigenvalue weighted by atomic mass is 10.0. The molecule has 1 heterocycles. The molecule has 1 unspecified atom stereocenters. The van der Waals surface area contributed by atoms with Crippen molar-refractivity contribution in [3.63, 3.8) is 0 Å². The number of aliphatic imine (C=N–C) groups is 1. The van der Waals surface area contributed by atoms with Crippen LogP contribution in [0.25, 0.3) is 0 Å². The van der Waals surface area contributed by atoms with Crippen molar-refractivity contribution in [1.29, 1.82) is 0 Å². The third-order valence-corrected chi connectivity index (χ3v) is 6.19. The summed E-state index contributed by atoms with van der Waals surface area (Å²) in [7, 11) is 0.722. The van der Waals surface area contributed by atoms with Gasteiger partial charge >= 0.3 is 0 Å². The molecule has 0 bridgehead atoms. The molecule has 0 aliphatic carbocycles. The summed E-state index contributed by atoms with van der Waals surface area (Å²) >= 11 is 0. The van der Waals surface area contributed by atoms with Gasteiger partial charge in [-0.25, -0.2) is 4.39 Å². The Morgan fingerprint density at radius 2 is 1.93 bits per heavy atom. The summed E-state index contributed by atoms with van der Waals surface area (Å²) in [6.07, 6.45) is 1.90. The molecule has 28 heavy (non-hydrogen) atoms. The monoisotopic (exact) mass is 402 g/mol. The SMILES string of the molecule is CN=C(NCCS(=O)c1ccccc1)NC1CCN(c2cccc(F)c2)CC1. The largest absolute Gasteiger partial charge is 0.371 e. The Bertz CT molecular complexity index is 807. The molecule has 0 saturated carbocycles. The first-order chi connectivity index (χ1) is 13.7. The Balaban J connectivity index is 1.41. The van der Waals surface area contributed by atoms with Gasteiger partial charge in [0.2, 0.25) is 0 Å². The van der Waals surface area contributed by atoms with E-state index in [0.29, 0.717) is 18.3 Å². The van der Waals surface area contributed by atoms with E-state index in [9.17, 15) is 8.60 Å². The Morgan fingerprint density at radius 3 is 2.61 bits per heavy atom. The summed E-state index contributed by atoms with van der Waals surface area (Å²) in [6, 6.07) is 16.6. The maximum Gasteiger partial charge on any atom is 0.191 e. The molecule has 1 saturated heterocycles. The summed E-state index contributed by atoms with van der Waals surface area (Å²) in [5.41, 5.74) is 0.935. The second kappa shape index (κ2) is 10.2. The van der Waals surface area contributed by atoms with Crippen LogP contribution in [0.2, 0.25) is 0 Å². The molecule has 2 N–H and O–H groups in total. The van der Waals surface area contributed by atoms with Gasteiger partial charge in [0.1, 0.15) is 5.82 Å². The van der Waals surface area contributed by atoms with E-state index >= 15 is 0 Å². The molecule has 2 aromatic rings. The number of benzene rings is 2. The molecule has 0 amide bonds. The van der Waals surface area contributed by atoms with Gasteiger partial charge in [-0.2, -0.15) is 0 Å². The van der Waals surface area contributed by atoms with Crippen molar-refractivity contribution >= 4 is 22.4 Å². The van der Waals surface area contributed by atoms with E-state index in [2.05, 4.69) is 20.5 Å². The van der Waals surface area contributed by atoms with Crippen LogP contribution in [0.1, 0.15) is 12.8 Å². The van der Waals surface area contributed by atoms with Gasteiger partial charge in [0.25, 0.3) is 0 Å². The van der Waals surface area contributed by atoms with Gasteiger partial charge in [0, 0.05) is 49.1 Å². The van der Waals surface area contributed by atoms with Crippen LogP contribution in [-0.4, -0.2) is 48.6 Å². The van der Waals surface area contributed by atoms with E-state index in [1.165, 1.54) is 6.07 Å². The maximum absolute atomic E-state index is 13.4. The summed E-state index contributed by atoms with van der Waals surface area (Å²) in [6.45, 7) is 2.33. The third kappa shape index (κ3) is 5.79. The highest BCUT2D eigenvalue weighted by atomic mass is 32.2. The number of hydrogen-bond donors (Lipinski definition) is 2. The average Bonchev–Trinajstić information content (AvgIpc) is 2.74. The quantitative estimate of drug-likeness (QED) is 0.576. The second-order valence-corrected chi connectivity index (χ2v) is 8.32. The van der Waals surface area contributed by atoms with Crippen molar-refractivity contribution in [3.05, 3.63) is 60.4 Å². The van der Waals surface area contributed by atoms with Crippen LogP contribution in [0.3, 0.4) is 0 Å². The number of piperidine rings is 1. The Kier molecular flexibility index (Phi) is 7.42. The standard InChI is InChI=1S/C21H27FN4OS/c1-23-21(24-12-15-28(27)20-8-3-2-4-9-20)25-18-10-13-26(14-11-18)19-7-5-6-17(22)16-19/h2-9,16,18H,10-15H2,1H3,(H2,23,24,25). The summed E-state index contributed by atoms with van der Waals surface area (Å²) < 4.78 is 25.7. The number of halogens is 1. The fourth-order valence-corrected chi connectivity index (χ4v) is 4.28. The van der Waals surface area contributed by atoms with Crippen molar-refractivity contribution in [1.82, 2.24) is 10.6 Å². The predicted molar refractivity (Wildman–Crippen MR) is 114 cm³/mol. The van der Waals surface area contributed by atoms with Crippen molar-refractivity contribution < 1.29 is 8.60 Å². The highest BCUT2D eigenvalue weighted by molar-refractivity contribution is 7.85. The fraction of sp³-hybridized carbons (Fsp3) is 0.381. The molecule has 1 aliphatic rings. The van der Waals surface area contributed by atoms with Gasteiger partial charge in [-0.1, -0.05) is 24.3 Å². The fourth-order valence-electron chi connectivity index (χ4n) is 3.30. The normalized spacial score (nSPS) is 16.6. The average molecular weight is 403 g/mol. The van der Waals surface area contributed by atoms with Crippen LogP contribution in [0.5, 0.6) is 0 Å². The zero-order valence-corrected chi connectivity index (χ0v) is 16.9. The van der Waals surface area contributed by atoms with E-state index in [1.807, 2.05) is 36.4 Å². The van der Waals surface area contributed by atoms with Crippen LogP contribution in [-0.2, 0) is 10.8 Å². The summed E-state index contributed by atoms with van der Waals surface area (Å²) in [4.78, 5) is 7.33. The number of nitrogens with one attached hydrogen (secondary N) is 2. The van der Waals surface area contributed by atoms with E-state index in [1.54, 1.807) is 19.2 Å². The van der Waals surface area contributed by atoms with Gasteiger partial charge in [-0.3, -0.25) is 9.20 Å². The minimum absolute atomic E-state index is 0.199. The number of nitrogens with zero attached hydrogens (tertiary/aromatic N) is 2. The number of rotatable bonds is 6. The zero-order chi connectivity index (χ0) is 19.8. The smallest absolute Gasteiger partial charge is 0.191 e. The molecular formula is C21H27FN4OS. The minimum Gasteiger partial charge on any atom is -0.371 e. The lowest BCUT2D eigenvalue weighted by Crippen LogP contribution is -2.49. The molecule has 1 aliphatic heterocycles. The van der Waals surface area contributed by atoms with Gasteiger partial charge in [0.15, 0.2) is 5.96 Å². The molecule has 5 nitrogen and oxygen atoms in total. The molecule has 1 atom stereocenters. The number of guanidine groups is 1. The highest BCUT2D eigenvalue weighted by Crippen LogP contribution is 2.20. The molecule has 0 radical (unpaired) electrons. The van der Waals surface area contributed by atoms with E-state index < -0.39 is 10.8 Å². The van der Waals surface area contributed by atoms with Crippen LogP contribution < -0.4 is 15.5 Å². The Morgan fingerprint density at radius 1 is 1.18 bits per heavy atom. The van der Waals surface area contributed by atoms with E-state index in [0.717, 1.165) is 42.5 Å². The molecule has 3 rings (SSSR count). The number of hydrogen-bond acceptors (Lipinski definition) is 3. The first kappa shape index (κ1) is 20.3. The lowest BCUT2D eigenvalue weighted by Gasteiger charge is -2.34. The molecule has 7 heteroatoms. The molecule has 0 spiro atoms. The maximum atomic E-state index is 13.4. The summed E-state index contributed by atoms with van der Waals surface area (Å²) in [5.74, 6) is 1.06. The minimum atomic E-state index is -1.02. The van der Waals surface area contributed by atoms with Crippen molar-refractivity contribution in [2.24, 2.45) is 4.99 Å². The summed E-state index contributed by atoms with van der Waals surface area (Å²) in [5, 5.41) is 6.69. The molecule has 2 aromatic carbocycles. The van der Waals surface area contributed by atoms with Crippen LogP contribution in [0.4, 0.5) is 10.1 Å². The molecule has 1 fully saturated rings. The van der Waals surface area contributed by atoms with Crippen LogP contribution in [0.15, 0.2) is 64.5 Å². The predicted octanol–water partition coefficient (Wildman–Crippen LogP) is 2.77. The van der Waals surface area contributed by atoms with Crippen LogP contribution >= 0.6 is 0 Å². The topological polar surface area (TPSA) is 56.7 Å². The Labute approximate surface area is 168 Å². The van der Waals surface area contributed by atoms with Crippen molar-refractivity contribution in [2.45, 2.75) is 23.8 Å². The Hall–Kier alpha value is -2.41.